The van der Waals surface area contributed by atoms with Gasteiger partial charge < -0.3 is 15.9 Å². The number of nitrogens with two attached hydrogens (primary N) is 1. The molecule has 1 aromatic carbocycles. The number of hydrogen-bond donors (Lipinski definition) is 3. The molecule has 1 saturated heterocycles. The molecule has 2 aliphatic carbocycles. The van der Waals surface area contributed by atoms with E-state index in [9.17, 15) is 19.8 Å². The van der Waals surface area contributed by atoms with Crippen molar-refractivity contribution in [3.05, 3.63) is 40.5 Å². The fourth-order valence-electron chi connectivity index (χ4n) is 5.72. The summed E-state index contributed by atoms with van der Waals surface area (Å²) in [6.07, 6.45) is 4.21. The minimum atomic E-state index is -1.12. The van der Waals surface area contributed by atoms with Crippen molar-refractivity contribution in [1.29, 1.82) is 0 Å². The number of allylic oxidation sites excluding steroid dienone is 1. The van der Waals surface area contributed by atoms with Gasteiger partial charge in [-0.2, -0.15) is 0 Å². The summed E-state index contributed by atoms with van der Waals surface area (Å²) in [7, 11) is 0. The van der Waals surface area contributed by atoms with Crippen molar-refractivity contribution in [2.45, 2.75) is 63.0 Å². The van der Waals surface area contributed by atoms with Gasteiger partial charge in [0.25, 0.3) is 5.91 Å². The minimum Gasteiger partial charge on any atom is -0.507 e. The van der Waals surface area contributed by atoms with E-state index >= 15 is 0 Å². The van der Waals surface area contributed by atoms with E-state index in [0.717, 1.165) is 18.7 Å². The first-order valence-electron chi connectivity index (χ1n) is 9.96. The van der Waals surface area contributed by atoms with Crippen LogP contribution in [0.3, 0.4) is 0 Å². The average Bonchev–Trinajstić information content (AvgIpc) is 2.61. The quantitative estimate of drug-likeness (QED) is 0.690. The van der Waals surface area contributed by atoms with Gasteiger partial charge in [0.05, 0.1) is 11.2 Å². The molecule has 0 radical (unpaired) electrons. The summed E-state index contributed by atoms with van der Waals surface area (Å²) < 4.78 is 0. The molecular formula is C22H28N2O4. The SMILES string of the molecule is CC(C)=CCN1CC[C@@]23CC(=O)CC[C@@]2(O)[C@H]1Cc1ccc(C(N)=O)c(O)c13. The van der Waals surface area contributed by atoms with Gasteiger partial charge >= 0.3 is 0 Å². The van der Waals surface area contributed by atoms with Crippen molar-refractivity contribution in [3.8, 4) is 5.75 Å². The number of amides is 1. The monoisotopic (exact) mass is 384 g/mol. The summed E-state index contributed by atoms with van der Waals surface area (Å²) in [5.74, 6) is -0.766. The highest BCUT2D eigenvalue weighted by Gasteiger charge is 2.65. The largest absolute Gasteiger partial charge is 0.507 e. The number of rotatable bonds is 3. The Kier molecular flexibility index (Phi) is 4.39. The summed E-state index contributed by atoms with van der Waals surface area (Å²) in [5.41, 5.74) is 6.21. The van der Waals surface area contributed by atoms with Crippen molar-refractivity contribution in [2.24, 2.45) is 5.73 Å². The third-order valence-corrected chi connectivity index (χ3v) is 7.09. The van der Waals surface area contributed by atoms with E-state index in [4.69, 9.17) is 5.73 Å². The molecule has 1 heterocycles. The number of piperidine rings is 1. The second kappa shape index (κ2) is 6.42. The molecule has 2 bridgehead atoms. The molecule has 1 aromatic rings. The Morgan fingerprint density at radius 1 is 1.36 bits per heavy atom. The molecule has 0 unspecified atom stereocenters. The number of carbonyl (C=O) groups excluding carboxylic acids is 2. The Labute approximate surface area is 165 Å². The Bertz CT molecular complexity index is 889. The summed E-state index contributed by atoms with van der Waals surface area (Å²) in [5, 5.41) is 22.9. The minimum absolute atomic E-state index is 0.0546. The van der Waals surface area contributed by atoms with Crippen molar-refractivity contribution in [2.75, 3.05) is 13.1 Å². The molecule has 6 heteroatoms. The molecule has 28 heavy (non-hydrogen) atoms. The maximum atomic E-state index is 12.5. The Morgan fingerprint density at radius 2 is 2.11 bits per heavy atom. The Morgan fingerprint density at radius 3 is 2.79 bits per heavy atom. The molecular weight excluding hydrogens is 356 g/mol. The van der Waals surface area contributed by atoms with Gasteiger partial charge in [0.2, 0.25) is 0 Å². The van der Waals surface area contributed by atoms with Crippen molar-refractivity contribution < 1.29 is 19.8 Å². The normalized spacial score (nSPS) is 31.7. The number of carbonyl (C=O) groups is 2. The van der Waals surface area contributed by atoms with Crippen molar-refractivity contribution in [3.63, 3.8) is 0 Å². The highest BCUT2D eigenvalue weighted by atomic mass is 16.3. The van der Waals surface area contributed by atoms with Crippen LogP contribution in [0, 0.1) is 0 Å². The van der Waals surface area contributed by atoms with Crippen LogP contribution >= 0.6 is 0 Å². The first kappa shape index (κ1) is 19.2. The lowest BCUT2D eigenvalue weighted by molar-refractivity contribution is -0.171. The number of primary amides is 1. The number of aliphatic hydroxyl groups is 1. The van der Waals surface area contributed by atoms with Gasteiger partial charge in [-0.15, -0.1) is 0 Å². The number of fused-ring (bicyclic) bond motifs is 1. The zero-order valence-electron chi connectivity index (χ0n) is 16.5. The van der Waals surface area contributed by atoms with Gasteiger partial charge in [-0.05, 0) is 51.3 Å². The Hall–Kier alpha value is -2.18. The topological polar surface area (TPSA) is 104 Å². The standard InChI is InChI=1S/C22H28N2O4/c1-13(2)6-9-24-10-8-21-12-15(25)5-7-22(21,28)17(24)11-14-3-4-16(20(23)27)19(26)18(14)21/h3-4,6,17,26,28H,5,7-12H2,1-2H3,(H2,23,27)/t17-,21+,22-/m1/s1. The summed E-state index contributed by atoms with van der Waals surface area (Å²) in [6.45, 7) is 5.59. The van der Waals surface area contributed by atoms with Crippen LogP contribution in [-0.2, 0) is 16.6 Å². The third kappa shape index (κ3) is 2.54. The molecule has 1 aliphatic heterocycles. The number of aromatic hydroxyl groups is 1. The number of hydrogen-bond acceptors (Lipinski definition) is 5. The predicted octanol–water partition coefficient (Wildman–Crippen LogP) is 1.81. The molecule has 1 amide bonds. The second-order valence-corrected chi connectivity index (χ2v) is 8.83. The van der Waals surface area contributed by atoms with E-state index in [2.05, 4.69) is 24.8 Å². The van der Waals surface area contributed by atoms with E-state index in [1.807, 2.05) is 6.07 Å². The lowest BCUT2D eigenvalue weighted by atomic mass is 9.49. The predicted molar refractivity (Wildman–Crippen MR) is 105 cm³/mol. The molecule has 6 nitrogen and oxygen atoms in total. The number of ketones is 1. The number of phenols is 1. The molecule has 0 aromatic heterocycles. The zero-order chi connectivity index (χ0) is 20.3. The van der Waals surface area contributed by atoms with Crippen LogP contribution in [-0.4, -0.2) is 51.5 Å². The highest BCUT2D eigenvalue weighted by Crippen LogP contribution is 2.59. The molecule has 3 aliphatic rings. The number of nitrogens with zero attached hydrogens (tertiary/aromatic N) is 1. The van der Waals surface area contributed by atoms with Gasteiger partial charge in [-0.1, -0.05) is 17.7 Å². The fourth-order valence-corrected chi connectivity index (χ4v) is 5.72. The van der Waals surface area contributed by atoms with Crippen LogP contribution in [0.5, 0.6) is 5.75 Å². The zero-order valence-corrected chi connectivity index (χ0v) is 16.5. The van der Waals surface area contributed by atoms with Crippen LogP contribution < -0.4 is 5.73 Å². The van der Waals surface area contributed by atoms with Gasteiger partial charge in [0.15, 0.2) is 0 Å². The van der Waals surface area contributed by atoms with Crippen molar-refractivity contribution in [1.82, 2.24) is 4.90 Å². The second-order valence-electron chi connectivity index (χ2n) is 8.83. The van der Waals surface area contributed by atoms with E-state index in [1.165, 1.54) is 5.57 Å². The van der Waals surface area contributed by atoms with Crippen LogP contribution in [0.4, 0.5) is 0 Å². The van der Waals surface area contributed by atoms with Gasteiger partial charge in [0, 0.05) is 36.4 Å². The van der Waals surface area contributed by atoms with Crippen LogP contribution in [0.2, 0.25) is 0 Å². The smallest absolute Gasteiger partial charge is 0.252 e. The average molecular weight is 384 g/mol. The molecule has 4 N–H and O–H groups in total. The first-order chi connectivity index (χ1) is 13.2. The van der Waals surface area contributed by atoms with Gasteiger partial charge in [0.1, 0.15) is 11.5 Å². The lowest BCUT2D eigenvalue weighted by Gasteiger charge is -2.63. The highest BCUT2D eigenvalue weighted by molar-refractivity contribution is 5.96. The van der Waals surface area contributed by atoms with Crippen molar-refractivity contribution >= 4 is 11.7 Å². The van der Waals surface area contributed by atoms with Gasteiger partial charge in [-0.25, -0.2) is 0 Å². The Balaban J connectivity index is 1.90. The maximum Gasteiger partial charge on any atom is 0.252 e. The van der Waals surface area contributed by atoms with Gasteiger partial charge in [-0.3, -0.25) is 14.5 Å². The molecule has 1 saturated carbocycles. The molecule has 2 fully saturated rings. The summed E-state index contributed by atoms with van der Waals surface area (Å²) >= 11 is 0. The van der Waals surface area contributed by atoms with Crippen LogP contribution in [0.15, 0.2) is 23.8 Å². The van der Waals surface area contributed by atoms with E-state index in [1.54, 1.807) is 6.07 Å². The van der Waals surface area contributed by atoms with E-state index < -0.39 is 16.9 Å². The maximum absolute atomic E-state index is 12.5. The number of Topliss-reactive ketones (excluding diaryl/α,β-unsaturated/α-hetero) is 1. The molecule has 150 valence electrons. The third-order valence-electron chi connectivity index (χ3n) is 7.09. The first-order valence-corrected chi connectivity index (χ1v) is 9.96. The van der Waals surface area contributed by atoms with E-state index in [0.29, 0.717) is 31.2 Å². The number of likely N-dealkylation sites (tertiary alicyclic amines) is 1. The number of benzene rings is 1. The summed E-state index contributed by atoms with van der Waals surface area (Å²) in [6, 6.07) is 3.25. The fraction of sp³-hybridized carbons (Fsp3) is 0.545. The van der Waals surface area contributed by atoms with E-state index in [-0.39, 0.29) is 29.6 Å². The summed E-state index contributed by atoms with van der Waals surface area (Å²) in [4.78, 5) is 26.6. The molecule has 4 rings (SSSR count). The van der Waals surface area contributed by atoms with Crippen LogP contribution in [0.1, 0.15) is 61.0 Å². The lowest BCUT2D eigenvalue weighted by Crippen LogP contribution is -2.73. The molecule has 3 atom stereocenters. The molecule has 0 spiro atoms. The van der Waals surface area contributed by atoms with Crippen LogP contribution in [0.25, 0.3) is 0 Å².